The van der Waals surface area contributed by atoms with Crippen LogP contribution in [0, 0.1) is 0 Å². The molecule has 2 aromatic rings. The summed E-state index contributed by atoms with van der Waals surface area (Å²) in [5.41, 5.74) is 1.73. The van der Waals surface area contributed by atoms with Crippen LogP contribution in [0.3, 0.4) is 0 Å². The van der Waals surface area contributed by atoms with E-state index in [1.807, 2.05) is 18.2 Å². The predicted molar refractivity (Wildman–Crippen MR) is 102 cm³/mol. The number of amides is 1. The second-order valence-corrected chi connectivity index (χ2v) is 7.21. The smallest absolute Gasteiger partial charge is 0.337 e. The van der Waals surface area contributed by atoms with Crippen LogP contribution in [0.5, 0.6) is 5.75 Å². The molecule has 1 N–H and O–H groups in total. The Morgan fingerprint density at radius 1 is 1.12 bits per heavy atom. The number of halogens is 1. The molecule has 0 unspecified atom stereocenters. The number of carbonyl (C=O) groups is 2. The summed E-state index contributed by atoms with van der Waals surface area (Å²) in [5.74, 6) is -0.274. The van der Waals surface area contributed by atoms with Gasteiger partial charge in [-0.1, -0.05) is 44.5 Å². The topological polar surface area (TPSA) is 64.6 Å². The van der Waals surface area contributed by atoms with Crippen LogP contribution >= 0.6 is 11.6 Å². The van der Waals surface area contributed by atoms with Crippen LogP contribution in [0.4, 0.5) is 5.69 Å². The number of benzene rings is 2. The Hall–Kier alpha value is -2.53. The zero-order valence-electron chi connectivity index (χ0n) is 15.3. The summed E-state index contributed by atoms with van der Waals surface area (Å²) in [7, 11) is 1.29. The summed E-state index contributed by atoms with van der Waals surface area (Å²) >= 11 is 6.07. The molecule has 0 atom stereocenters. The molecule has 0 radical (unpaired) electrons. The number of carbonyl (C=O) groups excluding carboxylic acids is 2. The maximum Gasteiger partial charge on any atom is 0.337 e. The van der Waals surface area contributed by atoms with Crippen LogP contribution in [0.1, 0.15) is 36.7 Å². The Labute approximate surface area is 158 Å². The quantitative estimate of drug-likeness (QED) is 0.784. The van der Waals surface area contributed by atoms with Gasteiger partial charge in [-0.3, -0.25) is 4.79 Å². The van der Waals surface area contributed by atoms with E-state index >= 15 is 0 Å². The van der Waals surface area contributed by atoms with Crippen molar-refractivity contribution in [1.82, 2.24) is 0 Å². The zero-order chi connectivity index (χ0) is 19.3. The van der Waals surface area contributed by atoms with Gasteiger partial charge in [0.1, 0.15) is 5.75 Å². The lowest BCUT2D eigenvalue weighted by atomic mass is 9.87. The predicted octanol–water partition coefficient (Wildman–Crippen LogP) is 4.44. The molecule has 0 bridgehead atoms. The molecule has 2 aromatic carbocycles. The van der Waals surface area contributed by atoms with Crippen LogP contribution in [0.2, 0.25) is 5.02 Å². The number of methoxy groups -OCH3 is 1. The van der Waals surface area contributed by atoms with Gasteiger partial charge in [0.2, 0.25) is 0 Å². The van der Waals surface area contributed by atoms with E-state index in [1.54, 1.807) is 6.07 Å². The van der Waals surface area contributed by atoms with Gasteiger partial charge in [-0.05, 0) is 41.3 Å². The number of ether oxygens (including phenoxy) is 2. The third kappa shape index (κ3) is 5.23. The lowest BCUT2D eigenvalue weighted by molar-refractivity contribution is -0.118. The van der Waals surface area contributed by atoms with Crippen molar-refractivity contribution in [2.24, 2.45) is 0 Å². The van der Waals surface area contributed by atoms with E-state index in [0.717, 1.165) is 5.56 Å². The van der Waals surface area contributed by atoms with Gasteiger partial charge >= 0.3 is 5.97 Å². The van der Waals surface area contributed by atoms with Crippen molar-refractivity contribution in [3.05, 3.63) is 58.6 Å². The van der Waals surface area contributed by atoms with Gasteiger partial charge in [-0.25, -0.2) is 4.79 Å². The molecule has 0 fully saturated rings. The highest BCUT2D eigenvalue weighted by Crippen LogP contribution is 2.26. The highest BCUT2D eigenvalue weighted by molar-refractivity contribution is 6.33. The van der Waals surface area contributed by atoms with E-state index < -0.39 is 5.97 Å². The number of hydrogen-bond acceptors (Lipinski definition) is 4. The first-order chi connectivity index (χ1) is 12.2. The lowest BCUT2D eigenvalue weighted by Crippen LogP contribution is -2.21. The Bertz CT molecular complexity index is 812. The van der Waals surface area contributed by atoms with Crippen LogP contribution < -0.4 is 10.1 Å². The maximum absolute atomic E-state index is 12.2. The summed E-state index contributed by atoms with van der Waals surface area (Å²) < 4.78 is 10.2. The van der Waals surface area contributed by atoms with Gasteiger partial charge in [0.05, 0.1) is 23.4 Å². The monoisotopic (exact) mass is 375 g/mol. The fourth-order valence-corrected chi connectivity index (χ4v) is 2.42. The van der Waals surface area contributed by atoms with Gasteiger partial charge in [-0.2, -0.15) is 0 Å². The molecule has 138 valence electrons. The van der Waals surface area contributed by atoms with Gasteiger partial charge in [0, 0.05) is 0 Å². The number of nitrogens with one attached hydrogen (secondary N) is 1. The zero-order valence-corrected chi connectivity index (χ0v) is 16.0. The first kappa shape index (κ1) is 19.8. The maximum atomic E-state index is 12.2. The van der Waals surface area contributed by atoms with E-state index in [9.17, 15) is 9.59 Å². The largest absolute Gasteiger partial charge is 0.484 e. The molecule has 0 saturated carbocycles. The number of hydrogen-bond donors (Lipinski definition) is 1. The molecule has 0 aromatic heterocycles. The Balaban J connectivity index is 2.03. The van der Waals surface area contributed by atoms with Crippen molar-refractivity contribution in [2.45, 2.75) is 26.2 Å². The minimum atomic E-state index is -0.507. The molecular formula is C20H22ClNO4. The van der Waals surface area contributed by atoms with E-state index in [0.29, 0.717) is 22.0 Å². The van der Waals surface area contributed by atoms with Crippen molar-refractivity contribution < 1.29 is 19.1 Å². The normalized spacial score (nSPS) is 11.0. The molecule has 0 aliphatic carbocycles. The minimum Gasteiger partial charge on any atom is -0.484 e. The Morgan fingerprint density at radius 2 is 1.85 bits per heavy atom. The standard InChI is InChI=1S/C20H22ClNO4/c1-20(2,3)14-6-5-7-15(11-14)26-12-18(23)22-17-10-13(19(24)25-4)8-9-16(17)21/h5-11H,12H2,1-4H3,(H,22,23). The fraction of sp³-hybridized carbons (Fsp3) is 0.300. The van der Waals surface area contributed by atoms with Gasteiger partial charge in [0.25, 0.3) is 5.91 Å². The molecule has 0 spiro atoms. The van der Waals surface area contributed by atoms with Crippen molar-refractivity contribution in [3.8, 4) is 5.75 Å². The van der Waals surface area contributed by atoms with E-state index in [4.69, 9.17) is 16.3 Å². The first-order valence-corrected chi connectivity index (χ1v) is 8.49. The summed E-state index contributed by atoms with van der Waals surface area (Å²) in [6.07, 6.45) is 0. The molecule has 2 rings (SSSR count). The van der Waals surface area contributed by atoms with Gasteiger partial charge < -0.3 is 14.8 Å². The third-order valence-electron chi connectivity index (χ3n) is 3.73. The lowest BCUT2D eigenvalue weighted by Gasteiger charge is -2.19. The average molecular weight is 376 g/mol. The highest BCUT2D eigenvalue weighted by atomic mass is 35.5. The molecule has 1 amide bonds. The van der Waals surface area contributed by atoms with Crippen molar-refractivity contribution >= 4 is 29.2 Å². The number of esters is 1. The second-order valence-electron chi connectivity index (χ2n) is 6.80. The van der Waals surface area contributed by atoms with E-state index in [1.165, 1.54) is 25.3 Å². The first-order valence-electron chi connectivity index (χ1n) is 8.12. The molecule has 0 heterocycles. The molecular weight excluding hydrogens is 354 g/mol. The summed E-state index contributed by atoms with van der Waals surface area (Å²) in [6.45, 7) is 6.14. The van der Waals surface area contributed by atoms with Crippen molar-refractivity contribution in [1.29, 1.82) is 0 Å². The van der Waals surface area contributed by atoms with E-state index in [2.05, 4.69) is 30.8 Å². The van der Waals surface area contributed by atoms with Crippen molar-refractivity contribution in [2.75, 3.05) is 19.0 Å². The van der Waals surface area contributed by atoms with Gasteiger partial charge in [-0.15, -0.1) is 0 Å². The number of anilines is 1. The van der Waals surface area contributed by atoms with Crippen LogP contribution in [0.25, 0.3) is 0 Å². The molecule has 0 aliphatic rings. The average Bonchev–Trinajstić information content (AvgIpc) is 2.60. The summed E-state index contributed by atoms with van der Waals surface area (Å²) in [5, 5.41) is 2.96. The molecule has 0 aliphatic heterocycles. The fourth-order valence-electron chi connectivity index (χ4n) is 2.25. The van der Waals surface area contributed by atoms with Crippen LogP contribution in [-0.4, -0.2) is 25.6 Å². The van der Waals surface area contributed by atoms with Gasteiger partial charge in [0.15, 0.2) is 6.61 Å². The molecule has 26 heavy (non-hydrogen) atoms. The summed E-state index contributed by atoms with van der Waals surface area (Å²) in [6, 6.07) is 12.1. The molecule has 0 saturated heterocycles. The second kappa shape index (κ2) is 8.23. The Kier molecular flexibility index (Phi) is 6.27. The minimum absolute atomic E-state index is 0.0104. The number of rotatable bonds is 5. The molecule has 5 nitrogen and oxygen atoms in total. The highest BCUT2D eigenvalue weighted by Gasteiger charge is 2.15. The third-order valence-corrected chi connectivity index (χ3v) is 4.06. The molecule has 6 heteroatoms. The van der Waals surface area contributed by atoms with Crippen LogP contribution in [-0.2, 0) is 14.9 Å². The van der Waals surface area contributed by atoms with Crippen molar-refractivity contribution in [3.63, 3.8) is 0 Å². The Morgan fingerprint density at radius 3 is 2.50 bits per heavy atom. The van der Waals surface area contributed by atoms with Crippen LogP contribution in [0.15, 0.2) is 42.5 Å². The summed E-state index contributed by atoms with van der Waals surface area (Å²) in [4.78, 5) is 23.7. The SMILES string of the molecule is COC(=O)c1ccc(Cl)c(NC(=O)COc2cccc(C(C)(C)C)c2)c1. The van der Waals surface area contributed by atoms with E-state index in [-0.39, 0.29) is 17.9 Å².